The summed E-state index contributed by atoms with van der Waals surface area (Å²) in [4.78, 5) is 15.5. The van der Waals surface area contributed by atoms with Gasteiger partial charge in [-0.15, -0.1) is 0 Å². The van der Waals surface area contributed by atoms with Crippen LogP contribution in [0.1, 0.15) is 5.56 Å². The first-order chi connectivity index (χ1) is 9.15. The molecule has 2 aromatic rings. The summed E-state index contributed by atoms with van der Waals surface area (Å²) in [6.45, 7) is 0.354. The minimum absolute atomic E-state index is 0.135. The number of hydrogen-bond donors (Lipinski definition) is 2. The van der Waals surface area contributed by atoms with Gasteiger partial charge in [-0.1, -0.05) is 15.9 Å². The van der Waals surface area contributed by atoms with Gasteiger partial charge in [-0.3, -0.25) is 4.98 Å². The Hall–Kier alpha value is -1.95. The van der Waals surface area contributed by atoms with Gasteiger partial charge in [0.1, 0.15) is 5.82 Å². The van der Waals surface area contributed by atoms with E-state index in [1.165, 1.54) is 12.1 Å². The molecule has 2 rings (SSSR count). The molecule has 0 spiro atoms. The van der Waals surface area contributed by atoms with Crippen molar-refractivity contribution in [3.05, 3.63) is 58.6 Å². The third-order valence-corrected chi connectivity index (χ3v) is 2.88. The number of carbonyl (C=O) groups is 1. The van der Waals surface area contributed by atoms with Gasteiger partial charge < -0.3 is 10.6 Å². The second kappa shape index (κ2) is 6.29. The van der Waals surface area contributed by atoms with Crippen molar-refractivity contribution < 1.29 is 9.18 Å². The minimum atomic E-state index is -0.492. The molecular weight excluding hydrogens is 313 g/mol. The molecule has 0 aliphatic heterocycles. The Morgan fingerprint density at radius 3 is 2.68 bits per heavy atom. The molecule has 0 radical (unpaired) electrons. The van der Waals surface area contributed by atoms with Crippen LogP contribution in [0, 0.1) is 5.82 Å². The first-order valence-corrected chi connectivity index (χ1v) is 6.33. The van der Waals surface area contributed by atoms with E-state index in [-0.39, 0.29) is 5.69 Å². The van der Waals surface area contributed by atoms with Crippen LogP contribution in [-0.2, 0) is 6.54 Å². The van der Waals surface area contributed by atoms with E-state index in [4.69, 9.17) is 0 Å². The number of benzene rings is 1. The van der Waals surface area contributed by atoms with E-state index in [1.807, 2.05) is 0 Å². The lowest BCUT2D eigenvalue weighted by atomic mass is 10.3. The summed E-state index contributed by atoms with van der Waals surface area (Å²) in [7, 11) is 0. The average Bonchev–Trinajstić information content (AvgIpc) is 2.41. The van der Waals surface area contributed by atoms with Gasteiger partial charge in [0, 0.05) is 23.4 Å². The van der Waals surface area contributed by atoms with Crippen LogP contribution in [0.5, 0.6) is 0 Å². The summed E-state index contributed by atoms with van der Waals surface area (Å²) in [6.07, 6.45) is 3.28. The summed E-state index contributed by atoms with van der Waals surface area (Å²) in [5.74, 6) is -0.492. The smallest absolute Gasteiger partial charge is 0.319 e. The number of nitrogens with one attached hydrogen (secondary N) is 2. The monoisotopic (exact) mass is 323 g/mol. The molecule has 0 aliphatic rings. The van der Waals surface area contributed by atoms with Gasteiger partial charge in [0.05, 0.1) is 5.69 Å². The fraction of sp³-hybridized carbons (Fsp3) is 0.0769. The van der Waals surface area contributed by atoms with Crippen LogP contribution < -0.4 is 10.6 Å². The number of anilines is 1. The van der Waals surface area contributed by atoms with Crippen molar-refractivity contribution in [2.75, 3.05) is 5.32 Å². The fourth-order valence-corrected chi connectivity index (χ4v) is 1.77. The summed E-state index contributed by atoms with van der Waals surface area (Å²) in [5, 5.41) is 5.08. The largest absolute Gasteiger partial charge is 0.334 e. The lowest BCUT2D eigenvalue weighted by Crippen LogP contribution is -2.28. The van der Waals surface area contributed by atoms with Crippen molar-refractivity contribution in [2.24, 2.45) is 0 Å². The van der Waals surface area contributed by atoms with Crippen LogP contribution in [0.4, 0.5) is 14.9 Å². The van der Waals surface area contributed by atoms with E-state index in [1.54, 1.807) is 30.6 Å². The highest BCUT2D eigenvalue weighted by Gasteiger charge is 2.06. The molecule has 1 aromatic carbocycles. The lowest BCUT2D eigenvalue weighted by Gasteiger charge is -2.08. The van der Waals surface area contributed by atoms with Crippen molar-refractivity contribution in [1.82, 2.24) is 10.3 Å². The van der Waals surface area contributed by atoms with Crippen LogP contribution in [0.15, 0.2) is 47.2 Å². The predicted molar refractivity (Wildman–Crippen MR) is 74.2 cm³/mol. The van der Waals surface area contributed by atoms with E-state index in [2.05, 4.69) is 31.5 Å². The molecule has 0 unspecified atom stereocenters. The number of urea groups is 1. The maximum atomic E-state index is 13.5. The minimum Gasteiger partial charge on any atom is -0.334 e. The van der Waals surface area contributed by atoms with Crippen molar-refractivity contribution in [3.63, 3.8) is 0 Å². The van der Waals surface area contributed by atoms with Gasteiger partial charge in [-0.25, -0.2) is 9.18 Å². The normalized spacial score (nSPS) is 10.0. The third kappa shape index (κ3) is 4.03. The molecular formula is C13H11BrFN3O. The van der Waals surface area contributed by atoms with Crippen molar-refractivity contribution >= 4 is 27.6 Å². The molecule has 19 heavy (non-hydrogen) atoms. The Labute approximate surface area is 118 Å². The molecule has 4 nitrogen and oxygen atoms in total. The highest BCUT2D eigenvalue weighted by Crippen LogP contribution is 2.19. The molecule has 6 heteroatoms. The highest BCUT2D eigenvalue weighted by atomic mass is 79.9. The van der Waals surface area contributed by atoms with E-state index < -0.39 is 11.8 Å². The molecule has 1 aromatic heterocycles. The van der Waals surface area contributed by atoms with Gasteiger partial charge in [0.25, 0.3) is 0 Å². The number of pyridine rings is 1. The second-order valence-electron chi connectivity index (χ2n) is 3.79. The maximum Gasteiger partial charge on any atom is 0.319 e. The van der Waals surface area contributed by atoms with Crippen molar-refractivity contribution in [1.29, 1.82) is 0 Å². The first kappa shape index (κ1) is 13.5. The number of nitrogens with zero attached hydrogens (tertiary/aromatic N) is 1. The summed E-state index contributed by atoms with van der Waals surface area (Å²) in [5.41, 5.74) is 1.05. The molecule has 0 fully saturated rings. The predicted octanol–water partition coefficient (Wildman–Crippen LogP) is 3.30. The quantitative estimate of drug-likeness (QED) is 0.910. The second-order valence-corrected chi connectivity index (χ2v) is 4.70. The fourth-order valence-electron chi connectivity index (χ4n) is 1.44. The topological polar surface area (TPSA) is 54.0 Å². The molecule has 2 amide bonds. The molecule has 0 saturated heterocycles. The van der Waals surface area contributed by atoms with Crippen molar-refractivity contribution in [3.8, 4) is 0 Å². The summed E-state index contributed by atoms with van der Waals surface area (Å²) >= 11 is 3.15. The Kier molecular flexibility index (Phi) is 4.46. The van der Waals surface area contributed by atoms with E-state index >= 15 is 0 Å². The summed E-state index contributed by atoms with van der Waals surface area (Å²) in [6, 6.07) is 7.56. The molecule has 0 atom stereocenters. The zero-order valence-electron chi connectivity index (χ0n) is 9.86. The Morgan fingerprint density at radius 2 is 2.00 bits per heavy atom. The highest BCUT2D eigenvalue weighted by molar-refractivity contribution is 9.10. The van der Waals surface area contributed by atoms with Crippen LogP contribution >= 0.6 is 15.9 Å². The van der Waals surface area contributed by atoms with Gasteiger partial charge in [0.2, 0.25) is 0 Å². The average molecular weight is 324 g/mol. The zero-order valence-corrected chi connectivity index (χ0v) is 11.4. The van der Waals surface area contributed by atoms with Crippen LogP contribution in [0.25, 0.3) is 0 Å². The Bertz CT molecular complexity index is 577. The van der Waals surface area contributed by atoms with Gasteiger partial charge >= 0.3 is 6.03 Å². The molecule has 0 aliphatic carbocycles. The standard InChI is InChI=1S/C13H11BrFN3O/c14-10-1-2-12(11(15)7-10)18-13(19)17-8-9-3-5-16-6-4-9/h1-7H,8H2,(H2,17,18,19). The lowest BCUT2D eigenvalue weighted by molar-refractivity contribution is 0.251. The number of amides is 2. The van der Waals surface area contributed by atoms with Crippen LogP contribution in [0.3, 0.4) is 0 Å². The van der Waals surface area contributed by atoms with Gasteiger partial charge in [-0.2, -0.15) is 0 Å². The number of rotatable bonds is 3. The third-order valence-electron chi connectivity index (χ3n) is 2.38. The number of hydrogen-bond acceptors (Lipinski definition) is 2. The first-order valence-electron chi connectivity index (χ1n) is 5.54. The van der Waals surface area contributed by atoms with E-state index in [0.29, 0.717) is 11.0 Å². The Morgan fingerprint density at radius 1 is 1.26 bits per heavy atom. The molecule has 0 saturated carbocycles. The van der Waals surface area contributed by atoms with Gasteiger partial charge in [-0.05, 0) is 35.9 Å². The maximum absolute atomic E-state index is 13.5. The number of carbonyl (C=O) groups excluding carboxylic acids is 1. The number of halogens is 2. The van der Waals surface area contributed by atoms with Crippen LogP contribution in [-0.4, -0.2) is 11.0 Å². The Balaban J connectivity index is 1.91. The SMILES string of the molecule is O=C(NCc1ccncc1)Nc1ccc(Br)cc1F. The van der Waals surface area contributed by atoms with Crippen molar-refractivity contribution in [2.45, 2.75) is 6.54 Å². The molecule has 1 heterocycles. The number of aromatic nitrogens is 1. The molecule has 98 valence electrons. The van der Waals surface area contributed by atoms with E-state index in [9.17, 15) is 9.18 Å². The van der Waals surface area contributed by atoms with Crippen LogP contribution in [0.2, 0.25) is 0 Å². The van der Waals surface area contributed by atoms with E-state index in [0.717, 1.165) is 5.56 Å². The molecule has 2 N–H and O–H groups in total. The van der Waals surface area contributed by atoms with Gasteiger partial charge in [0.15, 0.2) is 0 Å². The summed E-state index contributed by atoms with van der Waals surface area (Å²) < 4.78 is 14.1. The zero-order chi connectivity index (χ0) is 13.7. The molecule has 0 bridgehead atoms.